The van der Waals surface area contributed by atoms with E-state index in [1.807, 2.05) is 6.07 Å². The van der Waals surface area contributed by atoms with E-state index in [-0.39, 0.29) is 30.2 Å². The Morgan fingerprint density at radius 2 is 2.03 bits per heavy atom. The third kappa shape index (κ3) is 3.63. The number of hydrogen-bond acceptors (Lipinski definition) is 5. The first kappa shape index (κ1) is 19.9. The van der Waals surface area contributed by atoms with Crippen molar-refractivity contribution in [3.63, 3.8) is 0 Å². The zero-order valence-corrected chi connectivity index (χ0v) is 18.4. The standard InChI is InChI=1S/C22H20BrN5O3/c1-12(29)15-10-27(21-14(15)4-3-7-24-21)11-20(30)28-16-8-13(16)9-17(28)22(31)26-19-6-2-5-18(23)25-19/h2-7,10,13,16-17H,8-9,11H2,1H3,(H,25,26,31)/t13-,16-,17+/m1/s1. The van der Waals surface area contributed by atoms with Crippen LogP contribution < -0.4 is 5.32 Å². The fourth-order valence-corrected chi connectivity index (χ4v) is 4.83. The lowest BCUT2D eigenvalue weighted by atomic mass is 10.1. The molecule has 3 atom stereocenters. The van der Waals surface area contributed by atoms with Crippen molar-refractivity contribution in [1.82, 2.24) is 19.4 Å². The van der Waals surface area contributed by atoms with Crippen molar-refractivity contribution in [1.29, 1.82) is 0 Å². The lowest BCUT2D eigenvalue weighted by Crippen LogP contribution is -2.46. The van der Waals surface area contributed by atoms with Crippen molar-refractivity contribution in [2.24, 2.45) is 5.92 Å². The van der Waals surface area contributed by atoms with Gasteiger partial charge in [-0.05, 0) is 65.9 Å². The van der Waals surface area contributed by atoms with Crippen LogP contribution in [-0.2, 0) is 16.1 Å². The van der Waals surface area contributed by atoms with Crippen LogP contribution in [0.25, 0.3) is 11.0 Å². The summed E-state index contributed by atoms with van der Waals surface area (Å²) >= 11 is 3.30. The molecule has 2 fully saturated rings. The number of nitrogens with one attached hydrogen (secondary N) is 1. The van der Waals surface area contributed by atoms with Crippen LogP contribution in [0.1, 0.15) is 30.1 Å². The highest BCUT2D eigenvalue weighted by Crippen LogP contribution is 2.48. The number of rotatable bonds is 5. The van der Waals surface area contributed by atoms with Crippen molar-refractivity contribution in [2.75, 3.05) is 5.32 Å². The third-order valence-electron chi connectivity index (χ3n) is 5.98. The number of piperidine rings is 1. The predicted octanol–water partition coefficient (Wildman–Crippen LogP) is 3.02. The number of amides is 2. The molecule has 0 aromatic carbocycles. The number of Topliss-reactive ketones (excluding diaryl/α,β-unsaturated/α-hetero) is 1. The Balaban J connectivity index is 1.38. The van der Waals surface area contributed by atoms with Crippen LogP contribution in [0.4, 0.5) is 5.82 Å². The molecule has 3 aromatic rings. The highest BCUT2D eigenvalue weighted by Gasteiger charge is 2.56. The maximum atomic E-state index is 13.3. The van der Waals surface area contributed by atoms with Gasteiger partial charge in [0, 0.05) is 29.4 Å². The van der Waals surface area contributed by atoms with Crippen molar-refractivity contribution in [2.45, 2.75) is 38.4 Å². The van der Waals surface area contributed by atoms with Gasteiger partial charge in [-0.25, -0.2) is 9.97 Å². The Labute approximate surface area is 186 Å². The molecule has 158 valence electrons. The van der Waals surface area contributed by atoms with E-state index in [2.05, 4.69) is 31.2 Å². The first-order chi connectivity index (χ1) is 14.9. The zero-order chi connectivity index (χ0) is 21.7. The van der Waals surface area contributed by atoms with Gasteiger partial charge in [-0.2, -0.15) is 0 Å². The second kappa shape index (κ2) is 7.56. The van der Waals surface area contributed by atoms with Gasteiger partial charge in [-0.3, -0.25) is 14.4 Å². The van der Waals surface area contributed by atoms with Gasteiger partial charge in [-0.15, -0.1) is 0 Å². The maximum absolute atomic E-state index is 13.3. The Hall–Kier alpha value is -3.07. The summed E-state index contributed by atoms with van der Waals surface area (Å²) in [6, 6.07) is 8.45. The van der Waals surface area contributed by atoms with Gasteiger partial charge in [0.15, 0.2) is 5.78 Å². The Morgan fingerprint density at radius 3 is 2.81 bits per heavy atom. The van der Waals surface area contributed by atoms with Gasteiger partial charge >= 0.3 is 0 Å². The third-order valence-corrected chi connectivity index (χ3v) is 6.42. The van der Waals surface area contributed by atoms with Gasteiger partial charge in [0.1, 0.15) is 28.7 Å². The summed E-state index contributed by atoms with van der Waals surface area (Å²) in [7, 11) is 0. The normalized spacial score (nSPS) is 21.7. The number of carbonyl (C=O) groups is 3. The molecule has 4 heterocycles. The monoisotopic (exact) mass is 481 g/mol. The molecule has 1 saturated heterocycles. The van der Waals surface area contributed by atoms with E-state index < -0.39 is 6.04 Å². The summed E-state index contributed by atoms with van der Waals surface area (Å²) in [5.41, 5.74) is 1.13. The van der Waals surface area contributed by atoms with E-state index in [0.717, 1.165) is 11.8 Å². The van der Waals surface area contributed by atoms with Crippen LogP contribution in [0.15, 0.2) is 47.3 Å². The molecule has 0 unspecified atom stereocenters. The second-order valence-electron chi connectivity index (χ2n) is 8.05. The fourth-order valence-electron chi connectivity index (χ4n) is 4.49. The second-order valence-corrected chi connectivity index (χ2v) is 8.86. The molecule has 3 aromatic heterocycles. The summed E-state index contributed by atoms with van der Waals surface area (Å²) in [5.74, 6) is 0.351. The summed E-state index contributed by atoms with van der Waals surface area (Å²) < 4.78 is 2.33. The van der Waals surface area contributed by atoms with Crippen LogP contribution in [0, 0.1) is 5.92 Å². The first-order valence-corrected chi connectivity index (χ1v) is 10.9. The highest BCUT2D eigenvalue weighted by molar-refractivity contribution is 9.10. The Kier molecular flexibility index (Phi) is 4.85. The van der Waals surface area contributed by atoms with Crippen LogP contribution in [0.3, 0.4) is 0 Å². The van der Waals surface area contributed by atoms with Gasteiger partial charge in [0.2, 0.25) is 11.8 Å². The minimum Gasteiger partial charge on any atom is -0.326 e. The molecule has 5 rings (SSSR count). The molecule has 2 aliphatic rings. The van der Waals surface area contributed by atoms with E-state index in [9.17, 15) is 14.4 Å². The quantitative estimate of drug-likeness (QED) is 0.446. The topological polar surface area (TPSA) is 97.2 Å². The number of hydrogen-bond donors (Lipinski definition) is 1. The van der Waals surface area contributed by atoms with Gasteiger partial charge in [-0.1, -0.05) is 6.07 Å². The molecule has 8 nitrogen and oxygen atoms in total. The minimum absolute atomic E-state index is 0.0307. The van der Waals surface area contributed by atoms with Crippen LogP contribution >= 0.6 is 15.9 Å². The van der Waals surface area contributed by atoms with Gasteiger partial charge < -0.3 is 14.8 Å². The lowest BCUT2D eigenvalue weighted by Gasteiger charge is -2.27. The Morgan fingerprint density at radius 1 is 1.19 bits per heavy atom. The number of fused-ring (bicyclic) bond motifs is 2. The lowest BCUT2D eigenvalue weighted by molar-refractivity contribution is -0.138. The summed E-state index contributed by atoms with van der Waals surface area (Å²) in [4.78, 5) is 48.6. The molecule has 2 amide bonds. The van der Waals surface area contributed by atoms with E-state index in [1.54, 1.807) is 46.1 Å². The average Bonchev–Trinajstić information content (AvgIpc) is 3.24. The number of nitrogens with zero attached hydrogens (tertiary/aromatic N) is 4. The average molecular weight is 482 g/mol. The molecule has 1 saturated carbocycles. The van der Waals surface area contributed by atoms with Crippen LogP contribution in [0.2, 0.25) is 0 Å². The minimum atomic E-state index is -0.529. The van der Waals surface area contributed by atoms with Crippen molar-refractivity contribution in [3.8, 4) is 0 Å². The molecule has 0 spiro atoms. The summed E-state index contributed by atoms with van der Waals surface area (Å²) in [6.45, 7) is 1.53. The largest absolute Gasteiger partial charge is 0.326 e. The van der Waals surface area contributed by atoms with Gasteiger partial charge in [0.25, 0.3) is 0 Å². The van der Waals surface area contributed by atoms with E-state index in [0.29, 0.717) is 34.0 Å². The fraction of sp³-hybridized carbons (Fsp3) is 0.318. The van der Waals surface area contributed by atoms with E-state index in [1.165, 1.54) is 6.92 Å². The molecule has 0 bridgehead atoms. The molecule has 9 heteroatoms. The highest BCUT2D eigenvalue weighted by atomic mass is 79.9. The Bertz CT molecular complexity index is 1220. The number of aromatic nitrogens is 3. The number of anilines is 1. The molecule has 0 radical (unpaired) electrons. The molecular weight excluding hydrogens is 462 g/mol. The molecule has 1 aliphatic carbocycles. The molecule has 1 aliphatic heterocycles. The van der Waals surface area contributed by atoms with Crippen molar-refractivity contribution >= 4 is 50.4 Å². The summed E-state index contributed by atoms with van der Waals surface area (Å²) in [5, 5.41) is 3.55. The number of ketones is 1. The SMILES string of the molecule is CC(=O)c1cn(CC(=O)N2[C@@H]3C[C@@H]3C[C@H]2C(=O)Nc2cccc(Br)n2)c2ncccc12. The smallest absolute Gasteiger partial charge is 0.248 e. The van der Waals surface area contributed by atoms with Crippen LogP contribution in [-0.4, -0.2) is 49.1 Å². The summed E-state index contributed by atoms with van der Waals surface area (Å²) in [6.07, 6.45) is 4.90. The molecule has 1 N–H and O–H groups in total. The molecular formula is C22H20BrN5O3. The van der Waals surface area contributed by atoms with E-state index in [4.69, 9.17) is 0 Å². The molecule has 31 heavy (non-hydrogen) atoms. The number of pyridine rings is 2. The van der Waals surface area contributed by atoms with Crippen molar-refractivity contribution in [3.05, 3.63) is 52.9 Å². The maximum Gasteiger partial charge on any atom is 0.248 e. The number of carbonyl (C=O) groups excluding carboxylic acids is 3. The van der Waals surface area contributed by atoms with E-state index >= 15 is 0 Å². The van der Waals surface area contributed by atoms with Crippen molar-refractivity contribution < 1.29 is 14.4 Å². The first-order valence-electron chi connectivity index (χ1n) is 10.1. The number of halogens is 1. The van der Waals surface area contributed by atoms with Crippen LogP contribution in [0.5, 0.6) is 0 Å². The van der Waals surface area contributed by atoms with Gasteiger partial charge in [0.05, 0.1) is 0 Å². The predicted molar refractivity (Wildman–Crippen MR) is 117 cm³/mol. The zero-order valence-electron chi connectivity index (χ0n) is 16.8. The number of likely N-dealkylation sites (tertiary alicyclic amines) is 1.